The highest BCUT2D eigenvalue weighted by Crippen LogP contribution is 2.48. The second-order valence-corrected chi connectivity index (χ2v) is 7.25. The zero-order valence-corrected chi connectivity index (χ0v) is 14.5. The van der Waals surface area contributed by atoms with Gasteiger partial charge in [0.15, 0.2) is 0 Å². The van der Waals surface area contributed by atoms with Gasteiger partial charge in [0.2, 0.25) is 0 Å². The molecule has 2 aromatic rings. The summed E-state index contributed by atoms with van der Waals surface area (Å²) in [4.78, 5) is 2.32. The summed E-state index contributed by atoms with van der Waals surface area (Å²) in [6.45, 7) is 1.84. The van der Waals surface area contributed by atoms with Crippen LogP contribution in [0.2, 0.25) is 0 Å². The molecule has 2 atom stereocenters. The maximum Gasteiger partial charge on any atom is 0.119 e. The lowest BCUT2D eigenvalue weighted by molar-refractivity contribution is -0.0229. The van der Waals surface area contributed by atoms with Crippen molar-refractivity contribution in [2.45, 2.75) is 37.3 Å². The molecule has 1 aliphatic carbocycles. The van der Waals surface area contributed by atoms with Gasteiger partial charge in [0, 0.05) is 19.0 Å². The molecule has 4 rings (SSSR count). The van der Waals surface area contributed by atoms with Crippen molar-refractivity contribution in [3.05, 3.63) is 64.7 Å². The van der Waals surface area contributed by atoms with Gasteiger partial charge >= 0.3 is 0 Å². The minimum absolute atomic E-state index is 0.111. The molecule has 0 spiro atoms. The zero-order chi connectivity index (χ0) is 16.7. The summed E-state index contributed by atoms with van der Waals surface area (Å²) in [7, 11) is 3.84. The lowest BCUT2D eigenvalue weighted by atomic mass is 9.67. The molecular weight excluding hydrogens is 298 g/mol. The van der Waals surface area contributed by atoms with E-state index in [2.05, 4.69) is 48.3 Å². The number of fused-ring (bicyclic) bond motifs is 2. The molecule has 24 heavy (non-hydrogen) atoms. The third-order valence-electron chi connectivity index (χ3n) is 5.72. The van der Waals surface area contributed by atoms with Gasteiger partial charge in [0.25, 0.3) is 0 Å². The molecule has 3 heteroatoms. The molecule has 1 aliphatic heterocycles. The zero-order valence-electron chi connectivity index (χ0n) is 14.5. The molecule has 2 unspecified atom stereocenters. The molecule has 0 radical (unpaired) electrons. The molecule has 2 aliphatic rings. The molecule has 0 aromatic heterocycles. The van der Waals surface area contributed by atoms with Crippen LogP contribution < -0.4 is 4.74 Å². The van der Waals surface area contributed by atoms with E-state index >= 15 is 0 Å². The van der Waals surface area contributed by atoms with Crippen molar-refractivity contribution < 1.29 is 9.84 Å². The predicted octanol–water partition coefficient (Wildman–Crippen LogP) is 3.45. The molecule has 1 heterocycles. The predicted molar refractivity (Wildman–Crippen MR) is 95.3 cm³/mol. The van der Waals surface area contributed by atoms with E-state index in [0.29, 0.717) is 0 Å². The van der Waals surface area contributed by atoms with E-state index in [1.807, 2.05) is 6.07 Å². The fraction of sp³-hybridized carbons (Fsp3) is 0.429. The summed E-state index contributed by atoms with van der Waals surface area (Å²) in [5.41, 5.74) is 4.16. The van der Waals surface area contributed by atoms with Gasteiger partial charge in [-0.15, -0.1) is 0 Å². The molecule has 0 fully saturated rings. The van der Waals surface area contributed by atoms with Crippen LogP contribution in [0.15, 0.2) is 42.5 Å². The Balaban J connectivity index is 1.83. The highest BCUT2D eigenvalue weighted by Gasteiger charge is 2.44. The van der Waals surface area contributed by atoms with Gasteiger partial charge in [-0.25, -0.2) is 0 Å². The van der Waals surface area contributed by atoms with E-state index in [1.54, 1.807) is 7.11 Å². The minimum atomic E-state index is -0.801. The van der Waals surface area contributed by atoms with Gasteiger partial charge < -0.3 is 14.7 Å². The van der Waals surface area contributed by atoms with E-state index in [-0.39, 0.29) is 5.92 Å². The van der Waals surface area contributed by atoms with Gasteiger partial charge in [-0.3, -0.25) is 0 Å². The quantitative estimate of drug-likeness (QED) is 0.919. The van der Waals surface area contributed by atoms with Crippen LogP contribution in [0.5, 0.6) is 5.75 Å². The molecule has 3 nitrogen and oxygen atoms in total. The largest absolute Gasteiger partial charge is 0.497 e. The average molecular weight is 323 g/mol. The summed E-state index contributed by atoms with van der Waals surface area (Å²) in [6.07, 6.45) is 2.84. The normalized spacial score (nSPS) is 26.5. The lowest BCUT2D eigenvalue weighted by Crippen LogP contribution is -2.44. The molecule has 126 valence electrons. The van der Waals surface area contributed by atoms with Crippen molar-refractivity contribution in [2.75, 3.05) is 20.7 Å². The topological polar surface area (TPSA) is 32.7 Å². The van der Waals surface area contributed by atoms with Crippen molar-refractivity contribution in [1.82, 2.24) is 4.90 Å². The molecule has 0 amide bonds. The third kappa shape index (κ3) is 2.43. The Labute approximate surface area is 143 Å². The molecule has 2 aromatic carbocycles. The molecule has 0 saturated heterocycles. The first-order valence-corrected chi connectivity index (χ1v) is 8.78. The van der Waals surface area contributed by atoms with Crippen molar-refractivity contribution in [3.8, 4) is 5.75 Å². The Morgan fingerprint density at radius 3 is 2.83 bits per heavy atom. The van der Waals surface area contributed by atoms with Crippen molar-refractivity contribution in [2.24, 2.45) is 0 Å². The number of hydrogen-bond donors (Lipinski definition) is 1. The van der Waals surface area contributed by atoms with Crippen LogP contribution in [0.1, 0.15) is 41.0 Å². The fourth-order valence-electron chi connectivity index (χ4n) is 4.56. The average Bonchev–Trinajstić information content (AvgIpc) is 2.60. The number of ether oxygens (including phenoxy) is 1. The first kappa shape index (κ1) is 15.7. The summed E-state index contributed by atoms with van der Waals surface area (Å²) in [5, 5.41) is 11.8. The van der Waals surface area contributed by atoms with Crippen LogP contribution in [0.4, 0.5) is 0 Å². The van der Waals surface area contributed by atoms with Crippen molar-refractivity contribution >= 4 is 0 Å². The smallest absolute Gasteiger partial charge is 0.119 e. The minimum Gasteiger partial charge on any atom is -0.497 e. The maximum atomic E-state index is 11.8. The van der Waals surface area contributed by atoms with Crippen LogP contribution in [-0.2, 0) is 18.6 Å². The maximum absolute atomic E-state index is 11.8. The molecule has 0 bridgehead atoms. The Kier molecular flexibility index (Phi) is 3.86. The molecular formula is C21H25NO2. The Morgan fingerprint density at radius 2 is 2.00 bits per heavy atom. The number of benzene rings is 2. The lowest BCUT2D eigenvalue weighted by Gasteiger charge is -2.45. The van der Waals surface area contributed by atoms with Gasteiger partial charge in [-0.1, -0.05) is 30.3 Å². The second-order valence-electron chi connectivity index (χ2n) is 7.25. The van der Waals surface area contributed by atoms with Crippen LogP contribution in [-0.4, -0.2) is 30.7 Å². The van der Waals surface area contributed by atoms with Crippen LogP contribution in [0, 0.1) is 0 Å². The highest BCUT2D eigenvalue weighted by atomic mass is 16.5. The first-order valence-electron chi connectivity index (χ1n) is 8.78. The number of methoxy groups -OCH3 is 1. The molecule has 1 N–H and O–H groups in total. The summed E-state index contributed by atoms with van der Waals surface area (Å²) < 4.78 is 5.38. The van der Waals surface area contributed by atoms with Crippen LogP contribution in [0.3, 0.4) is 0 Å². The van der Waals surface area contributed by atoms with Gasteiger partial charge in [0.1, 0.15) is 5.75 Å². The van der Waals surface area contributed by atoms with Crippen molar-refractivity contribution in [1.29, 1.82) is 0 Å². The SMILES string of the molecule is COc1ccc2c(c1)CCCC2(O)C1CN(C)Cc2ccccc21. The van der Waals surface area contributed by atoms with Gasteiger partial charge in [-0.2, -0.15) is 0 Å². The Hall–Kier alpha value is -1.84. The number of aryl methyl sites for hydroxylation is 1. The summed E-state index contributed by atoms with van der Waals surface area (Å²) in [5.74, 6) is 0.985. The van der Waals surface area contributed by atoms with E-state index < -0.39 is 5.60 Å². The van der Waals surface area contributed by atoms with Gasteiger partial charge in [-0.05, 0) is 60.7 Å². The standard InChI is InChI=1S/C21H25NO2/c1-22-13-16-6-3-4-8-18(16)20(14-22)21(23)11-5-7-15-12-17(24-2)9-10-19(15)21/h3-4,6,8-10,12,20,23H,5,7,11,13-14H2,1-2H3. The Morgan fingerprint density at radius 1 is 1.17 bits per heavy atom. The highest BCUT2D eigenvalue weighted by molar-refractivity contribution is 5.45. The van der Waals surface area contributed by atoms with E-state index in [4.69, 9.17) is 4.74 Å². The molecule has 0 saturated carbocycles. The number of rotatable bonds is 2. The monoisotopic (exact) mass is 323 g/mol. The van der Waals surface area contributed by atoms with Crippen molar-refractivity contribution in [3.63, 3.8) is 0 Å². The second kappa shape index (κ2) is 5.91. The summed E-state index contributed by atoms with van der Waals surface area (Å²) >= 11 is 0. The third-order valence-corrected chi connectivity index (χ3v) is 5.72. The van der Waals surface area contributed by atoms with Crippen LogP contribution in [0.25, 0.3) is 0 Å². The van der Waals surface area contributed by atoms with Crippen LogP contribution >= 0.6 is 0 Å². The first-order chi connectivity index (χ1) is 11.6. The number of nitrogens with zero attached hydrogens (tertiary/aromatic N) is 1. The summed E-state index contributed by atoms with van der Waals surface area (Å²) in [6, 6.07) is 14.7. The number of aliphatic hydroxyl groups is 1. The van der Waals surface area contributed by atoms with Gasteiger partial charge in [0.05, 0.1) is 12.7 Å². The Bertz CT molecular complexity index is 757. The fourth-order valence-corrected chi connectivity index (χ4v) is 4.56. The van der Waals surface area contributed by atoms with E-state index in [1.165, 1.54) is 16.7 Å². The van der Waals surface area contributed by atoms with E-state index in [0.717, 1.165) is 43.7 Å². The van der Waals surface area contributed by atoms with E-state index in [9.17, 15) is 5.11 Å². The number of likely N-dealkylation sites (N-methyl/N-ethyl adjacent to an activating group) is 1. The number of hydrogen-bond acceptors (Lipinski definition) is 3.